The number of hydrogen-bond donors (Lipinski definition) is 3. The molecular weight excluding hydrogens is 260 g/mol. The number of hydrogen-bond acceptors (Lipinski definition) is 3. The van der Waals surface area contributed by atoms with E-state index in [1.54, 1.807) is 5.56 Å². The molecular formula is C17H24N4. The van der Waals surface area contributed by atoms with Gasteiger partial charge in [-0.2, -0.15) is 0 Å². The van der Waals surface area contributed by atoms with E-state index in [4.69, 9.17) is 5.73 Å². The predicted molar refractivity (Wildman–Crippen MR) is 86.4 cm³/mol. The summed E-state index contributed by atoms with van der Waals surface area (Å²) < 4.78 is 0. The van der Waals surface area contributed by atoms with Gasteiger partial charge in [0, 0.05) is 48.8 Å². The third-order valence-electron chi connectivity index (χ3n) is 5.12. The Balaban J connectivity index is 1.65. The molecule has 0 amide bonds. The van der Waals surface area contributed by atoms with Crippen LogP contribution in [0.4, 0.5) is 0 Å². The predicted octanol–water partition coefficient (Wildman–Crippen LogP) is 1.78. The highest BCUT2D eigenvalue weighted by Gasteiger charge is 2.35. The van der Waals surface area contributed by atoms with Crippen LogP contribution in [0.3, 0.4) is 0 Å². The maximum absolute atomic E-state index is 5.63. The van der Waals surface area contributed by atoms with Gasteiger partial charge in [-0.25, -0.2) is 0 Å². The van der Waals surface area contributed by atoms with Crippen molar-refractivity contribution in [2.45, 2.75) is 31.3 Å². The minimum atomic E-state index is 0.546. The van der Waals surface area contributed by atoms with Crippen LogP contribution >= 0.6 is 0 Å². The Bertz CT molecular complexity index is 633. The number of aromatic nitrogens is 1. The molecule has 0 saturated carbocycles. The summed E-state index contributed by atoms with van der Waals surface area (Å²) in [4.78, 5) is 6.35. The Labute approximate surface area is 125 Å². The van der Waals surface area contributed by atoms with E-state index in [2.05, 4.69) is 39.5 Å². The fourth-order valence-corrected chi connectivity index (χ4v) is 4.08. The monoisotopic (exact) mass is 284 g/mol. The average molecular weight is 284 g/mol. The van der Waals surface area contributed by atoms with Crippen molar-refractivity contribution in [3.63, 3.8) is 0 Å². The van der Waals surface area contributed by atoms with E-state index in [1.807, 2.05) is 0 Å². The molecule has 112 valence electrons. The van der Waals surface area contributed by atoms with Gasteiger partial charge in [-0.1, -0.05) is 18.2 Å². The lowest BCUT2D eigenvalue weighted by Crippen LogP contribution is -2.47. The second kappa shape index (κ2) is 5.44. The molecule has 1 aromatic heterocycles. The molecule has 3 heterocycles. The molecule has 4 heteroatoms. The molecule has 2 aliphatic heterocycles. The SMILES string of the molecule is NCCNC1CCN2CCc3c([nH]c4ccccc34)C2C1. The van der Waals surface area contributed by atoms with Crippen molar-refractivity contribution < 1.29 is 0 Å². The quantitative estimate of drug-likeness (QED) is 0.805. The highest BCUT2D eigenvalue weighted by molar-refractivity contribution is 5.85. The zero-order chi connectivity index (χ0) is 14.2. The Morgan fingerprint density at radius 1 is 1.29 bits per heavy atom. The van der Waals surface area contributed by atoms with Crippen molar-refractivity contribution in [1.29, 1.82) is 0 Å². The van der Waals surface area contributed by atoms with Crippen LogP contribution in [0.1, 0.15) is 30.1 Å². The molecule has 0 spiro atoms. The molecule has 2 aromatic rings. The number of H-pyrrole nitrogens is 1. The van der Waals surface area contributed by atoms with Crippen LogP contribution in [0.5, 0.6) is 0 Å². The molecule has 0 bridgehead atoms. The van der Waals surface area contributed by atoms with Crippen LogP contribution in [0, 0.1) is 0 Å². The molecule has 4 rings (SSSR count). The largest absolute Gasteiger partial charge is 0.357 e. The van der Waals surface area contributed by atoms with E-state index in [1.165, 1.54) is 48.9 Å². The van der Waals surface area contributed by atoms with Gasteiger partial charge in [-0.15, -0.1) is 0 Å². The minimum absolute atomic E-state index is 0.546. The second-order valence-electron chi connectivity index (χ2n) is 6.33. The molecule has 4 nitrogen and oxygen atoms in total. The fourth-order valence-electron chi connectivity index (χ4n) is 4.08. The molecule has 1 fully saturated rings. The van der Waals surface area contributed by atoms with Crippen molar-refractivity contribution in [2.75, 3.05) is 26.2 Å². The number of piperidine rings is 1. The standard InChI is InChI=1S/C17H24N4/c18-7-8-19-12-5-9-21-10-6-14-13-3-1-2-4-15(13)20-17(14)16(21)11-12/h1-4,12,16,19-20H,5-11,18H2. The summed E-state index contributed by atoms with van der Waals surface area (Å²) in [5, 5.41) is 5.02. The van der Waals surface area contributed by atoms with Crippen LogP contribution < -0.4 is 11.1 Å². The third kappa shape index (κ3) is 2.27. The smallest absolute Gasteiger partial charge is 0.0516 e. The van der Waals surface area contributed by atoms with Crippen LogP contribution in [0.2, 0.25) is 0 Å². The molecule has 1 saturated heterocycles. The lowest BCUT2D eigenvalue weighted by molar-refractivity contribution is 0.114. The molecule has 2 atom stereocenters. The first-order valence-corrected chi connectivity index (χ1v) is 8.14. The molecule has 2 unspecified atom stereocenters. The van der Waals surface area contributed by atoms with Crippen molar-refractivity contribution in [3.8, 4) is 0 Å². The number of rotatable bonds is 3. The summed E-state index contributed by atoms with van der Waals surface area (Å²) in [6, 6.07) is 9.87. The maximum atomic E-state index is 5.63. The maximum Gasteiger partial charge on any atom is 0.0516 e. The van der Waals surface area contributed by atoms with Crippen LogP contribution in [0.25, 0.3) is 10.9 Å². The Morgan fingerprint density at radius 3 is 3.10 bits per heavy atom. The first kappa shape index (κ1) is 13.3. The van der Waals surface area contributed by atoms with E-state index >= 15 is 0 Å². The van der Waals surface area contributed by atoms with Gasteiger partial charge in [0.2, 0.25) is 0 Å². The Hall–Kier alpha value is -1.36. The van der Waals surface area contributed by atoms with E-state index in [0.29, 0.717) is 12.1 Å². The summed E-state index contributed by atoms with van der Waals surface area (Å²) in [5.74, 6) is 0. The number of benzene rings is 1. The molecule has 1 aromatic carbocycles. The fraction of sp³-hybridized carbons (Fsp3) is 0.529. The van der Waals surface area contributed by atoms with Gasteiger partial charge in [-0.3, -0.25) is 4.90 Å². The van der Waals surface area contributed by atoms with Crippen LogP contribution in [0.15, 0.2) is 24.3 Å². The minimum Gasteiger partial charge on any atom is -0.357 e. The van der Waals surface area contributed by atoms with E-state index in [-0.39, 0.29) is 0 Å². The highest BCUT2D eigenvalue weighted by Crippen LogP contribution is 2.39. The zero-order valence-corrected chi connectivity index (χ0v) is 12.4. The first-order chi connectivity index (χ1) is 10.4. The van der Waals surface area contributed by atoms with Gasteiger partial charge in [0.05, 0.1) is 6.04 Å². The Kier molecular flexibility index (Phi) is 3.45. The van der Waals surface area contributed by atoms with Gasteiger partial charge in [0.1, 0.15) is 0 Å². The number of nitrogens with two attached hydrogens (primary N) is 1. The number of nitrogens with zero attached hydrogens (tertiary/aromatic N) is 1. The normalized spacial score (nSPS) is 25.8. The summed E-state index contributed by atoms with van der Waals surface area (Å²) in [7, 11) is 0. The van der Waals surface area contributed by atoms with Gasteiger partial charge in [0.25, 0.3) is 0 Å². The van der Waals surface area contributed by atoms with Gasteiger partial charge >= 0.3 is 0 Å². The highest BCUT2D eigenvalue weighted by atomic mass is 15.2. The Morgan fingerprint density at radius 2 is 2.19 bits per heavy atom. The van der Waals surface area contributed by atoms with Gasteiger partial charge in [-0.05, 0) is 30.9 Å². The molecule has 2 aliphatic rings. The summed E-state index contributed by atoms with van der Waals surface area (Å²) >= 11 is 0. The van der Waals surface area contributed by atoms with E-state index in [9.17, 15) is 0 Å². The number of fused-ring (bicyclic) bond motifs is 5. The van der Waals surface area contributed by atoms with Gasteiger partial charge in [0.15, 0.2) is 0 Å². The number of nitrogens with one attached hydrogen (secondary N) is 2. The van der Waals surface area contributed by atoms with E-state index < -0.39 is 0 Å². The zero-order valence-electron chi connectivity index (χ0n) is 12.4. The molecule has 21 heavy (non-hydrogen) atoms. The number of aromatic amines is 1. The third-order valence-corrected chi connectivity index (χ3v) is 5.12. The van der Waals surface area contributed by atoms with Gasteiger partial charge < -0.3 is 16.0 Å². The van der Waals surface area contributed by atoms with Crippen molar-refractivity contribution in [3.05, 3.63) is 35.5 Å². The summed E-state index contributed by atoms with van der Waals surface area (Å²) in [5.41, 5.74) is 9.93. The molecule has 4 N–H and O–H groups in total. The second-order valence-corrected chi connectivity index (χ2v) is 6.33. The summed E-state index contributed by atoms with van der Waals surface area (Å²) in [6.07, 6.45) is 3.61. The van der Waals surface area contributed by atoms with Crippen LogP contribution in [-0.4, -0.2) is 42.1 Å². The first-order valence-electron chi connectivity index (χ1n) is 8.14. The van der Waals surface area contributed by atoms with Crippen LogP contribution in [-0.2, 0) is 6.42 Å². The van der Waals surface area contributed by atoms with Crippen molar-refractivity contribution in [1.82, 2.24) is 15.2 Å². The van der Waals surface area contributed by atoms with Crippen molar-refractivity contribution in [2.24, 2.45) is 5.73 Å². The average Bonchev–Trinajstić information content (AvgIpc) is 2.92. The molecule has 0 radical (unpaired) electrons. The summed E-state index contributed by atoms with van der Waals surface area (Å²) in [6.45, 7) is 4.05. The topological polar surface area (TPSA) is 57.1 Å². The lowest BCUT2D eigenvalue weighted by Gasteiger charge is -2.42. The van der Waals surface area contributed by atoms with E-state index in [0.717, 1.165) is 13.1 Å². The number of para-hydroxylation sites is 1. The molecule has 0 aliphatic carbocycles. The lowest BCUT2D eigenvalue weighted by atomic mass is 9.88. The van der Waals surface area contributed by atoms with Crippen molar-refractivity contribution >= 4 is 10.9 Å².